The fourth-order valence-electron chi connectivity index (χ4n) is 1.83. The molecule has 0 amide bonds. The molecular weight excluding hydrogens is 210 g/mol. The molecule has 1 aromatic carbocycles. The van der Waals surface area contributed by atoms with Crippen molar-refractivity contribution in [1.82, 2.24) is 0 Å². The molecule has 0 aliphatic heterocycles. The average molecular weight is 235 g/mol. The highest BCUT2D eigenvalue weighted by Gasteiger charge is 2.09. The zero-order chi connectivity index (χ0) is 12.7. The molecule has 0 bridgehead atoms. The van der Waals surface area contributed by atoms with Crippen LogP contribution in [-0.4, -0.2) is 17.3 Å². The van der Waals surface area contributed by atoms with E-state index in [2.05, 4.69) is 31.2 Å². The van der Waals surface area contributed by atoms with Crippen molar-refractivity contribution in [1.29, 1.82) is 0 Å². The van der Waals surface area contributed by atoms with Crippen molar-refractivity contribution in [2.24, 2.45) is 5.73 Å². The van der Waals surface area contributed by atoms with Crippen LogP contribution >= 0.6 is 0 Å². The average Bonchev–Trinajstić information content (AvgIpc) is 2.34. The molecular formula is C15H25NO. The molecule has 0 heterocycles. The van der Waals surface area contributed by atoms with Gasteiger partial charge in [0.2, 0.25) is 0 Å². The molecule has 2 heteroatoms. The SMILES string of the molecule is CCCCc1ccc(CCC(O)C(C)N)cc1. The molecule has 3 N–H and O–H groups in total. The Kier molecular flexibility index (Phi) is 6.23. The van der Waals surface area contributed by atoms with Crippen LogP contribution in [0.5, 0.6) is 0 Å². The summed E-state index contributed by atoms with van der Waals surface area (Å²) in [4.78, 5) is 0. The molecule has 0 fully saturated rings. The number of hydrogen-bond acceptors (Lipinski definition) is 2. The zero-order valence-corrected chi connectivity index (χ0v) is 11.0. The van der Waals surface area contributed by atoms with Gasteiger partial charge in [0.05, 0.1) is 6.10 Å². The summed E-state index contributed by atoms with van der Waals surface area (Å²) in [5, 5.41) is 9.63. The van der Waals surface area contributed by atoms with Gasteiger partial charge >= 0.3 is 0 Å². The molecule has 2 unspecified atom stereocenters. The summed E-state index contributed by atoms with van der Waals surface area (Å²) in [5.41, 5.74) is 8.32. The smallest absolute Gasteiger partial charge is 0.0691 e. The molecule has 2 atom stereocenters. The van der Waals surface area contributed by atoms with Gasteiger partial charge in [-0.1, -0.05) is 37.6 Å². The van der Waals surface area contributed by atoms with Crippen LogP contribution in [0.3, 0.4) is 0 Å². The van der Waals surface area contributed by atoms with Crippen LogP contribution in [-0.2, 0) is 12.8 Å². The van der Waals surface area contributed by atoms with E-state index in [4.69, 9.17) is 5.73 Å². The highest BCUT2D eigenvalue weighted by atomic mass is 16.3. The lowest BCUT2D eigenvalue weighted by atomic mass is 10.0. The third-order valence-corrected chi connectivity index (χ3v) is 3.18. The van der Waals surface area contributed by atoms with Gasteiger partial charge in [-0.25, -0.2) is 0 Å². The van der Waals surface area contributed by atoms with Gasteiger partial charge in [-0.05, 0) is 43.7 Å². The van der Waals surface area contributed by atoms with Crippen molar-refractivity contribution in [2.75, 3.05) is 0 Å². The first-order valence-electron chi connectivity index (χ1n) is 6.65. The molecule has 17 heavy (non-hydrogen) atoms. The first kappa shape index (κ1) is 14.2. The number of aliphatic hydroxyl groups is 1. The van der Waals surface area contributed by atoms with Gasteiger partial charge in [0.25, 0.3) is 0 Å². The Morgan fingerprint density at radius 2 is 1.65 bits per heavy atom. The first-order chi connectivity index (χ1) is 8.13. The third kappa shape index (κ3) is 5.33. The Morgan fingerprint density at radius 1 is 1.12 bits per heavy atom. The van der Waals surface area contributed by atoms with Crippen molar-refractivity contribution >= 4 is 0 Å². The van der Waals surface area contributed by atoms with Crippen molar-refractivity contribution in [3.63, 3.8) is 0 Å². The second kappa shape index (κ2) is 7.46. The Morgan fingerprint density at radius 3 is 2.12 bits per heavy atom. The van der Waals surface area contributed by atoms with Crippen molar-refractivity contribution < 1.29 is 5.11 Å². The first-order valence-corrected chi connectivity index (χ1v) is 6.65. The lowest BCUT2D eigenvalue weighted by Gasteiger charge is -2.14. The summed E-state index contributed by atoms with van der Waals surface area (Å²) in [6, 6.07) is 8.59. The largest absolute Gasteiger partial charge is 0.392 e. The van der Waals surface area contributed by atoms with Gasteiger partial charge in [-0.3, -0.25) is 0 Å². The zero-order valence-electron chi connectivity index (χ0n) is 11.0. The van der Waals surface area contributed by atoms with E-state index in [0.717, 1.165) is 12.8 Å². The molecule has 1 aromatic rings. The summed E-state index contributed by atoms with van der Waals surface area (Å²) in [5.74, 6) is 0. The van der Waals surface area contributed by atoms with E-state index >= 15 is 0 Å². The molecule has 0 radical (unpaired) electrons. The van der Waals surface area contributed by atoms with Crippen molar-refractivity contribution in [3.05, 3.63) is 35.4 Å². The van der Waals surface area contributed by atoms with Crippen LogP contribution in [0.4, 0.5) is 0 Å². The van der Waals surface area contributed by atoms with Gasteiger partial charge in [-0.15, -0.1) is 0 Å². The highest BCUT2D eigenvalue weighted by molar-refractivity contribution is 5.22. The summed E-state index contributed by atoms with van der Waals surface area (Å²) in [7, 11) is 0. The minimum absolute atomic E-state index is 0.140. The minimum atomic E-state index is -0.394. The molecule has 2 nitrogen and oxygen atoms in total. The van der Waals surface area contributed by atoms with Gasteiger partial charge < -0.3 is 10.8 Å². The number of nitrogens with two attached hydrogens (primary N) is 1. The second-order valence-electron chi connectivity index (χ2n) is 4.89. The molecule has 0 spiro atoms. The molecule has 0 aromatic heterocycles. The quantitative estimate of drug-likeness (QED) is 0.763. The number of unbranched alkanes of at least 4 members (excludes halogenated alkanes) is 1. The summed E-state index contributed by atoms with van der Waals surface area (Å²) >= 11 is 0. The Hall–Kier alpha value is -0.860. The van der Waals surface area contributed by atoms with Gasteiger partial charge in [0.1, 0.15) is 0 Å². The Labute approximate surface area is 105 Å². The van der Waals surface area contributed by atoms with Crippen LogP contribution in [0.2, 0.25) is 0 Å². The lowest BCUT2D eigenvalue weighted by Crippen LogP contribution is -2.31. The maximum absolute atomic E-state index is 9.63. The topological polar surface area (TPSA) is 46.2 Å². The number of hydrogen-bond donors (Lipinski definition) is 2. The molecule has 1 rings (SSSR count). The van der Waals surface area contributed by atoms with E-state index in [9.17, 15) is 5.11 Å². The fraction of sp³-hybridized carbons (Fsp3) is 0.600. The van der Waals surface area contributed by atoms with E-state index in [1.165, 1.54) is 30.4 Å². The maximum atomic E-state index is 9.63. The predicted molar refractivity (Wildman–Crippen MR) is 73.0 cm³/mol. The van der Waals surface area contributed by atoms with E-state index < -0.39 is 6.10 Å². The van der Waals surface area contributed by atoms with Crippen LogP contribution in [0.25, 0.3) is 0 Å². The number of aryl methyl sites for hydroxylation is 2. The normalized spacial score (nSPS) is 14.6. The number of rotatable bonds is 7. The fourth-order valence-corrected chi connectivity index (χ4v) is 1.83. The van der Waals surface area contributed by atoms with Crippen molar-refractivity contribution in [3.8, 4) is 0 Å². The summed E-state index contributed by atoms with van der Waals surface area (Å²) < 4.78 is 0. The third-order valence-electron chi connectivity index (χ3n) is 3.18. The van der Waals surface area contributed by atoms with Crippen LogP contribution < -0.4 is 5.73 Å². The molecule has 0 aliphatic carbocycles. The standard InChI is InChI=1S/C15H25NO/c1-3-4-5-13-6-8-14(9-7-13)10-11-15(17)12(2)16/h6-9,12,15,17H,3-5,10-11,16H2,1-2H3. The summed E-state index contributed by atoms with van der Waals surface area (Å²) in [6.45, 7) is 4.06. The number of aliphatic hydroxyl groups excluding tert-OH is 1. The van der Waals surface area contributed by atoms with E-state index in [1.54, 1.807) is 0 Å². The van der Waals surface area contributed by atoms with E-state index in [1.807, 2.05) is 6.92 Å². The maximum Gasteiger partial charge on any atom is 0.0691 e. The van der Waals surface area contributed by atoms with Crippen LogP contribution in [0, 0.1) is 0 Å². The minimum Gasteiger partial charge on any atom is -0.392 e. The summed E-state index contributed by atoms with van der Waals surface area (Å²) in [6.07, 6.45) is 4.90. The lowest BCUT2D eigenvalue weighted by molar-refractivity contribution is 0.141. The molecule has 0 saturated carbocycles. The van der Waals surface area contributed by atoms with Crippen LogP contribution in [0.15, 0.2) is 24.3 Å². The van der Waals surface area contributed by atoms with Gasteiger partial charge in [0, 0.05) is 6.04 Å². The molecule has 0 saturated heterocycles. The molecule has 96 valence electrons. The van der Waals surface area contributed by atoms with Crippen molar-refractivity contribution in [2.45, 2.75) is 58.1 Å². The monoisotopic (exact) mass is 235 g/mol. The highest BCUT2D eigenvalue weighted by Crippen LogP contribution is 2.11. The number of benzene rings is 1. The van der Waals surface area contributed by atoms with Crippen LogP contribution in [0.1, 0.15) is 44.2 Å². The van der Waals surface area contributed by atoms with Gasteiger partial charge in [-0.2, -0.15) is 0 Å². The predicted octanol–water partition coefficient (Wildman–Crippen LogP) is 2.67. The van der Waals surface area contributed by atoms with E-state index in [0.29, 0.717) is 0 Å². The Bertz CT molecular complexity index is 305. The Balaban J connectivity index is 2.40. The molecule has 0 aliphatic rings. The van der Waals surface area contributed by atoms with E-state index in [-0.39, 0.29) is 6.04 Å². The van der Waals surface area contributed by atoms with Gasteiger partial charge in [0.15, 0.2) is 0 Å². The second-order valence-corrected chi connectivity index (χ2v) is 4.89.